The highest BCUT2D eigenvalue weighted by Gasteiger charge is 2.34. The summed E-state index contributed by atoms with van der Waals surface area (Å²) in [6, 6.07) is 2.00. The fourth-order valence-electron chi connectivity index (χ4n) is 2.25. The number of thiophene rings is 1. The Morgan fingerprint density at radius 1 is 1.56 bits per heavy atom. The SMILES string of the molecule is Cc1ccsc1C(=O)NC1(CBr)CCCC1. The van der Waals surface area contributed by atoms with Gasteiger partial charge in [-0.05, 0) is 36.8 Å². The highest BCUT2D eigenvalue weighted by Crippen LogP contribution is 2.32. The van der Waals surface area contributed by atoms with E-state index < -0.39 is 0 Å². The maximum Gasteiger partial charge on any atom is 0.262 e. The smallest absolute Gasteiger partial charge is 0.262 e. The molecule has 0 aliphatic heterocycles. The minimum Gasteiger partial charge on any atom is -0.345 e. The molecule has 2 nitrogen and oxygen atoms in total. The predicted octanol–water partition coefficient (Wildman–Crippen LogP) is 3.49. The standard InChI is InChI=1S/C12H16BrNOS/c1-9-4-7-16-10(9)11(15)14-12(8-13)5-2-3-6-12/h4,7H,2-3,5-6,8H2,1H3,(H,14,15). The van der Waals surface area contributed by atoms with Crippen LogP contribution >= 0.6 is 27.3 Å². The van der Waals surface area contributed by atoms with Crippen LogP contribution in [0.3, 0.4) is 0 Å². The molecule has 1 aromatic rings. The Morgan fingerprint density at radius 3 is 2.75 bits per heavy atom. The van der Waals surface area contributed by atoms with Gasteiger partial charge in [0, 0.05) is 5.33 Å². The van der Waals surface area contributed by atoms with Crippen molar-refractivity contribution in [3.8, 4) is 0 Å². The molecule has 0 unspecified atom stereocenters. The average molecular weight is 302 g/mol. The summed E-state index contributed by atoms with van der Waals surface area (Å²) in [4.78, 5) is 13.0. The van der Waals surface area contributed by atoms with Crippen LogP contribution in [-0.4, -0.2) is 16.8 Å². The van der Waals surface area contributed by atoms with Gasteiger partial charge in [-0.1, -0.05) is 28.8 Å². The van der Waals surface area contributed by atoms with E-state index in [4.69, 9.17) is 0 Å². The van der Waals surface area contributed by atoms with E-state index in [1.54, 1.807) is 0 Å². The molecule has 88 valence electrons. The molecule has 16 heavy (non-hydrogen) atoms. The van der Waals surface area contributed by atoms with E-state index in [9.17, 15) is 4.79 Å². The molecule has 1 aliphatic rings. The number of rotatable bonds is 3. The molecule has 2 rings (SSSR count). The van der Waals surface area contributed by atoms with Gasteiger partial charge in [0.1, 0.15) is 0 Å². The summed E-state index contributed by atoms with van der Waals surface area (Å²) in [6.45, 7) is 1.99. The number of hydrogen-bond acceptors (Lipinski definition) is 2. The third-order valence-electron chi connectivity index (χ3n) is 3.26. The van der Waals surface area contributed by atoms with Gasteiger partial charge < -0.3 is 5.32 Å². The summed E-state index contributed by atoms with van der Waals surface area (Å²) in [6.07, 6.45) is 4.62. The Labute approximate surface area is 109 Å². The Kier molecular flexibility index (Phi) is 3.70. The first-order chi connectivity index (χ1) is 7.67. The van der Waals surface area contributed by atoms with Crippen LogP contribution < -0.4 is 5.32 Å². The van der Waals surface area contributed by atoms with Crippen LogP contribution in [0.25, 0.3) is 0 Å². The van der Waals surface area contributed by atoms with Crippen molar-refractivity contribution in [2.24, 2.45) is 0 Å². The van der Waals surface area contributed by atoms with Crippen molar-refractivity contribution >= 4 is 33.2 Å². The summed E-state index contributed by atoms with van der Waals surface area (Å²) in [5.74, 6) is 0.0915. The number of alkyl halides is 1. The lowest BCUT2D eigenvalue weighted by Crippen LogP contribution is -2.47. The van der Waals surface area contributed by atoms with Crippen LogP contribution in [-0.2, 0) is 0 Å². The molecule has 1 heterocycles. The van der Waals surface area contributed by atoms with Gasteiger partial charge in [-0.2, -0.15) is 0 Å². The van der Waals surface area contributed by atoms with Crippen molar-refractivity contribution in [1.29, 1.82) is 0 Å². The maximum absolute atomic E-state index is 12.1. The lowest BCUT2D eigenvalue weighted by Gasteiger charge is -2.27. The molecule has 0 atom stereocenters. The number of aryl methyl sites for hydroxylation is 1. The Morgan fingerprint density at radius 2 is 2.25 bits per heavy atom. The van der Waals surface area contributed by atoms with Crippen LogP contribution in [0.2, 0.25) is 0 Å². The Bertz CT molecular complexity index is 382. The molecule has 4 heteroatoms. The normalized spacial score (nSPS) is 18.6. The second kappa shape index (κ2) is 4.88. The number of carbonyl (C=O) groups excluding carboxylic acids is 1. The van der Waals surface area contributed by atoms with Crippen molar-refractivity contribution in [1.82, 2.24) is 5.32 Å². The Balaban J connectivity index is 2.09. The molecule has 1 amide bonds. The zero-order chi connectivity index (χ0) is 11.6. The van der Waals surface area contributed by atoms with E-state index in [0.717, 1.165) is 28.6 Å². The van der Waals surface area contributed by atoms with Crippen molar-refractivity contribution in [2.45, 2.75) is 38.1 Å². The van der Waals surface area contributed by atoms with Crippen LogP contribution in [0.1, 0.15) is 40.9 Å². The fourth-order valence-corrected chi connectivity index (χ4v) is 3.77. The van der Waals surface area contributed by atoms with Gasteiger partial charge in [-0.3, -0.25) is 4.79 Å². The minimum absolute atomic E-state index is 0.00644. The highest BCUT2D eigenvalue weighted by molar-refractivity contribution is 9.09. The first-order valence-corrected chi connectivity index (χ1v) is 7.60. The molecule has 1 aliphatic carbocycles. The van der Waals surface area contributed by atoms with Crippen molar-refractivity contribution in [3.05, 3.63) is 21.9 Å². The second-order valence-electron chi connectivity index (χ2n) is 4.51. The number of halogens is 1. The third kappa shape index (κ3) is 2.33. The van der Waals surface area contributed by atoms with Gasteiger partial charge in [0.05, 0.1) is 10.4 Å². The molecule has 1 aromatic heterocycles. The van der Waals surface area contributed by atoms with E-state index in [-0.39, 0.29) is 11.4 Å². The molecule has 0 saturated heterocycles. The van der Waals surface area contributed by atoms with Crippen LogP contribution in [0.5, 0.6) is 0 Å². The largest absolute Gasteiger partial charge is 0.345 e. The van der Waals surface area contributed by atoms with Gasteiger partial charge in [0.25, 0.3) is 5.91 Å². The summed E-state index contributed by atoms with van der Waals surface area (Å²) < 4.78 is 0. The van der Waals surface area contributed by atoms with Gasteiger partial charge in [-0.25, -0.2) is 0 Å². The summed E-state index contributed by atoms with van der Waals surface area (Å²) in [5, 5.41) is 6.04. The number of amides is 1. The van der Waals surface area contributed by atoms with E-state index in [1.165, 1.54) is 24.2 Å². The molecule has 1 fully saturated rings. The number of nitrogens with one attached hydrogen (secondary N) is 1. The molecule has 0 bridgehead atoms. The van der Waals surface area contributed by atoms with Crippen LogP contribution in [0, 0.1) is 6.92 Å². The summed E-state index contributed by atoms with van der Waals surface area (Å²) >= 11 is 5.06. The average Bonchev–Trinajstić information content (AvgIpc) is 2.87. The van der Waals surface area contributed by atoms with Crippen molar-refractivity contribution < 1.29 is 4.79 Å². The monoisotopic (exact) mass is 301 g/mol. The number of carbonyl (C=O) groups is 1. The summed E-state index contributed by atoms with van der Waals surface area (Å²) in [7, 11) is 0. The highest BCUT2D eigenvalue weighted by atomic mass is 79.9. The van der Waals surface area contributed by atoms with Crippen molar-refractivity contribution in [2.75, 3.05) is 5.33 Å². The lowest BCUT2D eigenvalue weighted by atomic mass is 10.0. The van der Waals surface area contributed by atoms with E-state index >= 15 is 0 Å². The second-order valence-corrected chi connectivity index (χ2v) is 5.98. The molecule has 0 aromatic carbocycles. The molecular weight excluding hydrogens is 286 g/mol. The van der Waals surface area contributed by atoms with Crippen molar-refractivity contribution in [3.63, 3.8) is 0 Å². The summed E-state index contributed by atoms with van der Waals surface area (Å²) in [5.41, 5.74) is 1.07. The van der Waals surface area contributed by atoms with Gasteiger partial charge in [0.15, 0.2) is 0 Å². The number of hydrogen-bond donors (Lipinski definition) is 1. The van der Waals surface area contributed by atoms with Gasteiger partial charge >= 0.3 is 0 Å². The van der Waals surface area contributed by atoms with E-state index in [1.807, 2.05) is 18.4 Å². The fraction of sp³-hybridized carbons (Fsp3) is 0.583. The minimum atomic E-state index is -0.00644. The quantitative estimate of drug-likeness (QED) is 0.851. The first kappa shape index (κ1) is 12.1. The van der Waals surface area contributed by atoms with Crippen LogP contribution in [0.4, 0.5) is 0 Å². The zero-order valence-electron chi connectivity index (χ0n) is 9.38. The third-order valence-corrected chi connectivity index (χ3v) is 5.35. The Hall–Kier alpha value is -0.350. The lowest BCUT2D eigenvalue weighted by molar-refractivity contribution is 0.0914. The van der Waals surface area contributed by atoms with Gasteiger partial charge in [0.2, 0.25) is 0 Å². The first-order valence-electron chi connectivity index (χ1n) is 5.59. The molecular formula is C12H16BrNOS. The van der Waals surface area contributed by atoms with Gasteiger partial charge in [-0.15, -0.1) is 11.3 Å². The predicted molar refractivity (Wildman–Crippen MR) is 71.5 cm³/mol. The topological polar surface area (TPSA) is 29.1 Å². The van der Waals surface area contributed by atoms with E-state index in [0.29, 0.717) is 0 Å². The molecule has 1 saturated carbocycles. The molecule has 0 radical (unpaired) electrons. The molecule has 0 spiro atoms. The maximum atomic E-state index is 12.1. The zero-order valence-corrected chi connectivity index (χ0v) is 11.8. The molecule has 1 N–H and O–H groups in total. The van der Waals surface area contributed by atoms with Crippen LogP contribution in [0.15, 0.2) is 11.4 Å². The van der Waals surface area contributed by atoms with E-state index in [2.05, 4.69) is 21.2 Å².